The Morgan fingerprint density at radius 3 is 1.29 bits per heavy atom. The second kappa shape index (κ2) is 14.7. The molecule has 184 valence electrons. The molecule has 8 heteroatoms. The number of carboxylic acids is 2. The maximum Gasteiger partial charge on any atom is 0.328 e. The van der Waals surface area contributed by atoms with Crippen molar-refractivity contribution < 1.29 is 29.3 Å². The normalized spacial score (nSPS) is 14.3. The fourth-order valence-electron chi connectivity index (χ4n) is 3.54. The fraction of sp³-hybridized carbons (Fsp3) is 0.385. The van der Waals surface area contributed by atoms with Crippen LogP contribution in [0.25, 0.3) is 0 Å². The maximum atomic E-state index is 9.55. The Morgan fingerprint density at radius 2 is 1.03 bits per heavy atom. The van der Waals surface area contributed by atoms with E-state index in [0.29, 0.717) is 12.2 Å². The smallest absolute Gasteiger partial charge is 0.328 e. The standard InChI is InChI=1S/C22H30N2O2.C4H4O4/c1-25-21-7-3-19(4-8-21)11-13-23-15-17-24(18-16-23)14-12-20-5-9-22(26-2)10-6-20;5-3(6)1-2-4(7)8/h3-10H,11-18H2,1-2H3;1-2H,(H,5,6)(H,7,8)/b;2-1-. The van der Waals surface area contributed by atoms with E-state index in [2.05, 4.69) is 34.1 Å². The molecule has 0 atom stereocenters. The topological polar surface area (TPSA) is 99.5 Å². The van der Waals surface area contributed by atoms with Crippen molar-refractivity contribution in [3.63, 3.8) is 0 Å². The van der Waals surface area contributed by atoms with E-state index in [1.165, 1.54) is 37.3 Å². The number of piperazine rings is 1. The Bertz CT molecular complexity index is 828. The number of hydrogen-bond acceptors (Lipinski definition) is 6. The summed E-state index contributed by atoms with van der Waals surface area (Å²) < 4.78 is 10.4. The van der Waals surface area contributed by atoms with E-state index in [1.807, 2.05) is 24.3 Å². The van der Waals surface area contributed by atoms with E-state index in [9.17, 15) is 9.59 Å². The molecule has 1 aliphatic rings. The van der Waals surface area contributed by atoms with Gasteiger partial charge in [-0.25, -0.2) is 9.59 Å². The number of benzene rings is 2. The summed E-state index contributed by atoms with van der Waals surface area (Å²) in [6.07, 6.45) is 3.33. The molecule has 0 unspecified atom stereocenters. The van der Waals surface area contributed by atoms with Crippen LogP contribution in [0.15, 0.2) is 60.7 Å². The number of carbonyl (C=O) groups is 2. The van der Waals surface area contributed by atoms with Crippen LogP contribution in [-0.2, 0) is 22.4 Å². The molecule has 3 rings (SSSR count). The van der Waals surface area contributed by atoms with E-state index in [4.69, 9.17) is 19.7 Å². The minimum atomic E-state index is -1.26. The third-order valence-electron chi connectivity index (χ3n) is 5.58. The average molecular weight is 471 g/mol. The van der Waals surface area contributed by atoms with Gasteiger partial charge in [0.2, 0.25) is 0 Å². The molecule has 2 aromatic rings. The summed E-state index contributed by atoms with van der Waals surface area (Å²) in [6, 6.07) is 16.9. The van der Waals surface area contributed by atoms with Crippen molar-refractivity contribution in [1.82, 2.24) is 9.80 Å². The molecule has 0 spiro atoms. The molecule has 1 fully saturated rings. The maximum absolute atomic E-state index is 9.55. The van der Waals surface area contributed by atoms with Crippen LogP contribution in [-0.4, -0.2) is 85.4 Å². The Kier molecular flexibility index (Phi) is 11.6. The molecule has 0 radical (unpaired) electrons. The molecular weight excluding hydrogens is 436 g/mol. The second-order valence-electron chi connectivity index (χ2n) is 7.89. The summed E-state index contributed by atoms with van der Waals surface area (Å²) in [7, 11) is 3.42. The summed E-state index contributed by atoms with van der Waals surface area (Å²) >= 11 is 0. The Balaban J connectivity index is 0.000000440. The SMILES string of the molecule is COc1ccc(CCN2CCN(CCc3ccc(OC)cc3)CC2)cc1.O=C(O)/C=C\C(=O)O. The number of methoxy groups -OCH3 is 2. The summed E-state index contributed by atoms with van der Waals surface area (Å²) in [5, 5.41) is 15.6. The first kappa shape index (κ1) is 26.9. The molecule has 2 N–H and O–H groups in total. The van der Waals surface area contributed by atoms with Crippen LogP contribution in [0, 0.1) is 0 Å². The number of ether oxygens (including phenoxy) is 2. The average Bonchev–Trinajstić information content (AvgIpc) is 2.86. The Hall–Kier alpha value is -3.36. The van der Waals surface area contributed by atoms with Crippen LogP contribution in [0.1, 0.15) is 11.1 Å². The molecule has 0 bridgehead atoms. The van der Waals surface area contributed by atoms with Crippen molar-refractivity contribution in [3.05, 3.63) is 71.8 Å². The molecule has 2 aromatic carbocycles. The third kappa shape index (κ3) is 10.5. The van der Waals surface area contributed by atoms with Gasteiger partial charge in [0.1, 0.15) is 11.5 Å². The minimum Gasteiger partial charge on any atom is -0.497 e. The number of nitrogens with zero attached hydrogens (tertiary/aromatic N) is 2. The molecule has 8 nitrogen and oxygen atoms in total. The summed E-state index contributed by atoms with van der Waals surface area (Å²) in [4.78, 5) is 24.3. The number of carboxylic acid groups (broad SMARTS) is 2. The first-order valence-corrected chi connectivity index (χ1v) is 11.2. The lowest BCUT2D eigenvalue weighted by Crippen LogP contribution is -2.47. The zero-order valence-corrected chi connectivity index (χ0v) is 19.9. The lowest BCUT2D eigenvalue weighted by Gasteiger charge is -2.34. The van der Waals surface area contributed by atoms with E-state index < -0.39 is 11.9 Å². The Morgan fingerprint density at radius 1 is 0.706 bits per heavy atom. The first-order chi connectivity index (χ1) is 16.4. The number of hydrogen-bond donors (Lipinski definition) is 2. The summed E-state index contributed by atoms with van der Waals surface area (Å²) in [5.41, 5.74) is 2.76. The molecule has 0 aromatic heterocycles. The lowest BCUT2D eigenvalue weighted by atomic mass is 10.1. The van der Waals surface area contributed by atoms with Gasteiger partial charge in [-0.05, 0) is 48.2 Å². The van der Waals surface area contributed by atoms with Gasteiger partial charge in [-0.15, -0.1) is 0 Å². The van der Waals surface area contributed by atoms with E-state index in [1.54, 1.807) is 14.2 Å². The zero-order chi connectivity index (χ0) is 24.8. The molecule has 0 aliphatic carbocycles. The molecule has 1 saturated heterocycles. The van der Waals surface area contributed by atoms with Crippen molar-refractivity contribution in [2.45, 2.75) is 12.8 Å². The molecule has 1 aliphatic heterocycles. The van der Waals surface area contributed by atoms with E-state index in [-0.39, 0.29) is 0 Å². The van der Waals surface area contributed by atoms with Gasteiger partial charge in [0.15, 0.2) is 0 Å². The van der Waals surface area contributed by atoms with Gasteiger partial charge in [0.25, 0.3) is 0 Å². The van der Waals surface area contributed by atoms with Crippen molar-refractivity contribution >= 4 is 11.9 Å². The van der Waals surface area contributed by atoms with Gasteiger partial charge in [-0.3, -0.25) is 0 Å². The fourth-order valence-corrected chi connectivity index (χ4v) is 3.54. The molecule has 34 heavy (non-hydrogen) atoms. The quantitative estimate of drug-likeness (QED) is 0.512. The van der Waals surface area contributed by atoms with Crippen LogP contribution < -0.4 is 9.47 Å². The van der Waals surface area contributed by atoms with Crippen LogP contribution in [0.3, 0.4) is 0 Å². The van der Waals surface area contributed by atoms with Crippen LogP contribution in [0.2, 0.25) is 0 Å². The summed E-state index contributed by atoms with van der Waals surface area (Å²) in [6.45, 7) is 6.94. The summed E-state index contributed by atoms with van der Waals surface area (Å²) in [5.74, 6) is -0.654. The van der Waals surface area contributed by atoms with Crippen molar-refractivity contribution in [1.29, 1.82) is 0 Å². The van der Waals surface area contributed by atoms with E-state index in [0.717, 1.165) is 37.4 Å². The molecule has 0 amide bonds. The molecular formula is C26H34N2O6. The largest absolute Gasteiger partial charge is 0.497 e. The minimum absolute atomic E-state index is 0.558. The van der Waals surface area contributed by atoms with Crippen LogP contribution in [0.4, 0.5) is 0 Å². The predicted molar refractivity (Wildman–Crippen MR) is 131 cm³/mol. The second-order valence-corrected chi connectivity index (χ2v) is 7.89. The van der Waals surface area contributed by atoms with Crippen molar-refractivity contribution in [2.75, 3.05) is 53.5 Å². The predicted octanol–water partition coefficient (Wildman–Crippen LogP) is 2.82. The molecule has 1 heterocycles. The van der Waals surface area contributed by atoms with Gasteiger partial charge in [-0.1, -0.05) is 24.3 Å². The highest BCUT2D eigenvalue weighted by molar-refractivity contribution is 5.89. The van der Waals surface area contributed by atoms with Gasteiger partial charge in [-0.2, -0.15) is 0 Å². The van der Waals surface area contributed by atoms with Gasteiger partial charge >= 0.3 is 11.9 Å². The van der Waals surface area contributed by atoms with Crippen molar-refractivity contribution in [2.24, 2.45) is 0 Å². The van der Waals surface area contributed by atoms with Gasteiger partial charge in [0, 0.05) is 51.4 Å². The van der Waals surface area contributed by atoms with E-state index >= 15 is 0 Å². The highest BCUT2D eigenvalue weighted by atomic mass is 16.5. The van der Waals surface area contributed by atoms with Gasteiger partial charge in [0.05, 0.1) is 14.2 Å². The van der Waals surface area contributed by atoms with Crippen LogP contribution in [0.5, 0.6) is 11.5 Å². The highest BCUT2D eigenvalue weighted by Crippen LogP contribution is 2.14. The van der Waals surface area contributed by atoms with Gasteiger partial charge < -0.3 is 29.5 Å². The number of rotatable bonds is 10. The van der Waals surface area contributed by atoms with Crippen molar-refractivity contribution in [3.8, 4) is 11.5 Å². The molecule has 0 saturated carbocycles. The first-order valence-electron chi connectivity index (χ1n) is 11.2. The van der Waals surface area contributed by atoms with Crippen LogP contribution >= 0.6 is 0 Å². The number of aliphatic carboxylic acids is 2. The highest BCUT2D eigenvalue weighted by Gasteiger charge is 2.16. The Labute approximate surface area is 201 Å². The zero-order valence-electron chi connectivity index (χ0n) is 19.9. The third-order valence-corrected chi connectivity index (χ3v) is 5.58. The monoisotopic (exact) mass is 470 g/mol. The lowest BCUT2D eigenvalue weighted by molar-refractivity contribution is -0.134.